The van der Waals surface area contributed by atoms with Crippen LogP contribution in [0.1, 0.15) is 6.92 Å². The lowest BCUT2D eigenvalue weighted by Gasteiger charge is -1.84. The molecule has 7 heavy (non-hydrogen) atoms. The molecule has 0 spiro atoms. The second-order valence-electron chi connectivity index (χ2n) is 1.13. The van der Waals surface area contributed by atoms with E-state index in [9.17, 15) is 0 Å². The molecule has 0 aliphatic heterocycles. The molecule has 1 atom stereocenters. The highest BCUT2D eigenvalue weighted by molar-refractivity contribution is 4.96. The molecule has 0 aromatic carbocycles. The van der Waals surface area contributed by atoms with E-state index in [0.29, 0.717) is 0 Å². The predicted octanol–water partition coefficient (Wildman–Crippen LogP) is -0.0255. The van der Waals surface area contributed by atoms with E-state index in [1.165, 1.54) is 7.11 Å². The topological polar surface area (TPSA) is 29.5 Å². The number of ether oxygens (including phenoxy) is 1. The number of aliphatic hydroxyl groups excluding tert-OH is 1. The minimum absolute atomic E-state index is 0.583. The van der Waals surface area contributed by atoms with Crippen molar-refractivity contribution in [3.05, 3.63) is 0 Å². The fourth-order valence-electron chi connectivity index (χ4n) is 0.144. The molecular weight excluding hydrogens is 92.1 g/mol. The van der Waals surface area contributed by atoms with Gasteiger partial charge >= 0.3 is 0 Å². The molecule has 0 fully saturated rings. The van der Waals surface area contributed by atoms with Gasteiger partial charge in [-0.2, -0.15) is 0 Å². The van der Waals surface area contributed by atoms with E-state index < -0.39 is 6.10 Å². The summed E-state index contributed by atoms with van der Waals surface area (Å²) in [6.07, 6.45) is 1.66. The normalized spacial score (nSPS) is 11.3. The molecule has 0 aromatic rings. The molecule has 0 aliphatic rings. The highest BCUT2D eigenvalue weighted by atomic mass is 16.5. The lowest BCUT2D eigenvalue weighted by Crippen LogP contribution is -1.92. The number of hydrogen-bond donors (Lipinski definition) is 1. The maximum absolute atomic E-state index is 8.43. The molecule has 0 aliphatic carbocycles. The lowest BCUT2D eigenvalue weighted by molar-refractivity contribution is 0.251. The predicted molar refractivity (Wildman–Crippen MR) is 26.5 cm³/mol. The third-order valence-electron chi connectivity index (χ3n) is 0.370. The number of methoxy groups -OCH3 is 1. The summed E-state index contributed by atoms with van der Waals surface area (Å²) in [6.45, 7) is 1.58. The monoisotopic (exact) mass is 100 g/mol. The summed E-state index contributed by atoms with van der Waals surface area (Å²) in [5, 5.41) is 8.43. The van der Waals surface area contributed by atoms with Crippen molar-refractivity contribution in [2.45, 2.75) is 13.0 Å². The van der Waals surface area contributed by atoms with Gasteiger partial charge in [0.15, 0.2) is 0 Å². The number of aliphatic hydroxyl groups is 1. The molecular formula is C5H8O2. The van der Waals surface area contributed by atoms with Gasteiger partial charge in [-0.1, -0.05) is 0 Å². The fourth-order valence-corrected chi connectivity index (χ4v) is 0.144. The highest BCUT2D eigenvalue weighted by Crippen LogP contribution is 1.70. The van der Waals surface area contributed by atoms with Gasteiger partial charge in [-0.25, -0.2) is 0 Å². The molecule has 0 amide bonds. The van der Waals surface area contributed by atoms with Gasteiger partial charge in [-0.05, 0) is 12.8 Å². The van der Waals surface area contributed by atoms with Crippen molar-refractivity contribution in [3.8, 4) is 12.0 Å². The van der Waals surface area contributed by atoms with E-state index in [0.717, 1.165) is 0 Å². The Morgan fingerprint density at radius 3 is 2.43 bits per heavy atom. The van der Waals surface area contributed by atoms with E-state index >= 15 is 0 Å². The molecule has 0 heterocycles. The maximum Gasteiger partial charge on any atom is 0.115 e. The molecule has 0 saturated heterocycles. The Labute approximate surface area is 43.1 Å². The van der Waals surface area contributed by atoms with Gasteiger partial charge in [-0.3, -0.25) is 0 Å². The molecule has 1 unspecified atom stereocenters. The average molecular weight is 100 g/mol. The molecule has 0 bridgehead atoms. The molecule has 0 saturated carbocycles. The summed E-state index contributed by atoms with van der Waals surface area (Å²) >= 11 is 0. The van der Waals surface area contributed by atoms with Gasteiger partial charge in [0.25, 0.3) is 0 Å². The quantitative estimate of drug-likeness (QED) is 0.433. The smallest absolute Gasteiger partial charge is 0.115 e. The summed E-state index contributed by atoms with van der Waals surface area (Å²) in [4.78, 5) is 0. The number of rotatable bonds is 0. The standard InChI is InChI=1S/C5H8O2/c1-5(6)3-4-7-2/h5-6H,1-2H3. The first-order valence-electron chi connectivity index (χ1n) is 1.99. The average Bonchev–Trinajstić information content (AvgIpc) is 1.61. The summed E-state index contributed by atoms with van der Waals surface area (Å²) < 4.78 is 4.33. The Kier molecular flexibility index (Phi) is 3.17. The third-order valence-corrected chi connectivity index (χ3v) is 0.370. The van der Waals surface area contributed by atoms with Crippen LogP contribution in [0, 0.1) is 12.0 Å². The molecule has 0 radical (unpaired) electrons. The molecule has 2 nitrogen and oxygen atoms in total. The van der Waals surface area contributed by atoms with E-state index in [4.69, 9.17) is 5.11 Å². The van der Waals surface area contributed by atoms with Gasteiger partial charge in [0.2, 0.25) is 0 Å². The van der Waals surface area contributed by atoms with Crippen LogP contribution < -0.4 is 0 Å². The van der Waals surface area contributed by atoms with Crippen LogP contribution in [0.5, 0.6) is 0 Å². The molecule has 0 aromatic heterocycles. The Bertz CT molecular complexity index is 86.0. The Morgan fingerprint density at radius 1 is 1.71 bits per heavy atom. The van der Waals surface area contributed by atoms with E-state index in [2.05, 4.69) is 16.8 Å². The van der Waals surface area contributed by atoms with Crippen molar-refractivity contribution in [2.75, 3.05) is 7.11 Å². The lowest BCUT2D eigenvalue weighted by atomic mass is 10.4. The van der Waals surface area contributed by atoms with Gasteiger partial charge in [-0.15, -0.1) is 0 Å². The van der Waals surface area contributed by atoms with Crippen LogP contribution in [0.4, 0.5) is 0 Å². The van der Waals surface area contributed by atoms with Crippen molar-refractivity contribution >= 4 is 0 Å². The minimum atomic E-state index is -0.583. The molecule has 2 heteroatoms. The summed E-state index contributed by atoms with van der Waals surface area (Å²) in [7, 11) is 1.45. The van der Waals surface area contributed by atoms with Crippen LogP contribution in [0.3, 0.4) is 0 Å². The van der Waals surface area contributed by atoms with Crippen molar-refractivity contribution in [3.63, 3.8) is 0 Å². The Balaban J connectivity index is 3.24. The maximum atomic E-state index is 8.43. The van der Waals surface area contributed by atoms with Crippen molar-refractivity contribution < 1.29 is 9.84 Å². The Morgan fingerprint density at radius 2 is 2.29 bits per heavy atom. The molecule has 0 rings (SSSR count). The molecule has 40 valence electrons. The second-order valence-corrected chi connectivity index (χ2v) is 1.13. The molecule has 1 N–H and O–H groups in total. The summed E-state index contributed by atoms with van der Waals surface area (Å²) in [6, 6.07) is 0. The summed E-state index contributed by atoms with van der Waals surface area (Å²) in [5.41, 5.74) is 0. The van der Waals surface area contributed by atoms with Crippen LogP contribution in [0.15, 0.2) is 0 Å². The summed E-state index contributed by atoms with van der Waals surface area (Å²) in [5.74, 6) is 2.38. The number of hydrogen-bond acceptors (Lipinski definition) is 2. The van der Waals surface area contributed by atoms with Crippen LogP contribution in [-0.4, -0.2) is 18.3 Å². The zero-order valence-electron chi connectivity index (χ0n) is 4.43. The van der Waals surface area contributed by atoms with Crippen molar-refractivity contribution in [1.29, 1.82) is 0 Å². The van der Waals surface area contributed by atoms with Gasteiger partial charge < -0.3 is 9.84 Å². The highest BCUT2D eigenvalue weighted by Gasteiger charge is 1.79. The van der Waals surface area contributed by atoms with E-state index in [-0.39, 0.29) is 0 Å². The zero-order chi connectivity index (χ0) is 5.70. The minimum Gasteiger partial charge on any atom is -0.450 e. The van der Waals surface area contributed by atoms with Gasteiger partial charge in [0.05, 0.1) is 7.11 Å². The van der Waals surface area contributed by atoms with Crippen LogP contribution >= 0.6 is 0 Å². The third kappa shape index (κ3) is 5.32. The van der Waals surface area contributed by atoms with Gasteiger partial charge in [0.1, 0.15) is 12.2 Å². The first-order chi connectivity index (χ1) is 3.27. The van der Waals surface area contributed by atoms with Crippen molar-refractivity contribution in [1.82, 2.24) is 0 Å². The SMILES string of the molecule is COC#CC(C)O. The Hall–Kier alpha value is -0.680. The van der Waals surface area contributed by atoms with Gasteiger partial charge in [0, 0.05) is 0 Å². The fraction of sp³-hybridized carbons (Fsp3) is 0.600. The first kappa shape index (κ1) is 6.32. The zero-order valence-corrected chi connectivity index (χ0v) is 4.43. The van der Waals surface area contributed by atoms with Crippen LogP contribution in [0.25, 0.3) is 0 Å². The first-order valence-corrected chi connectivity index (χ1v) is 1.99. The second kappa shape index (κ2) is 3.51. The van der Waals surface area contributed by atoms with Crippen molar-refractivity contribution in [2.24, 2.45) is 0 Å². The largest absolute Gasteiger partial charge is 0.450 e. The van der Waals surface area contributed by atoms with E-state index in [1.807, 2.05) is 0 Å². The van der Waals surface area contributed by atoms with Crippen LogP contribution in [-0.2, 0) is 4.74 Å². The van der Waals surface area contributed by atoms with E-state index in [1.54, 1.807) is 6.92 Å². The van der Waals surface area contributed by atoms with Crippen LogP contribution in [0.2, 0.25) is 0 Å².